The molecule has 0 aliphatic heterocycles. The molecule has 8 rings (SSSR count). The van der Waals surface area contributed by atoms with E-state index in [0.717, 1.165) is 0 Å². The Kier molecular flexibility index (Phi) is 13.9. The summed E-state index contributed by atoms with van der Waals surface area (Å²) in [6.07, 6.45) is 34.1. The average Bonchev–Trinajstić information content (AvgIpc) is 3.29. The minimum atomic E-state index is -2.79. The Labute approximate surface area is 344 Å². The monoisotopic (exact) mass is 772 g/mol. The fourth-order valence-corrected chi connectivity index (χ4v) is 14.6. The van der Waals surface area contributed by atoms with Crippen molar-refractivity contribution >= 4 is 53.7 Å². The number of rotatable bonds is 12. The van der Waals surface area contributed by atoms with E-state index in [-0.39, 0.29) is 0 Å². The molecule has 57 heavy (non-hydrogen) atoms. The third kappa shape index (κ3) is 10.3. The van der Waals surface area contributed by atoms with Crippen LogP contribution in [0.25, 0.3) is 0 Å². The lowest BCUT2D eigenvalue weighted by atomic mass is 9.96. The lowest BCUT2D eigenvalue weighted by Crippen LogP contribution is -2.74. The highest BCUT2D eigenvalue weighted by molar-refractivity contribution is 7.19. The van der Waals surface area contributed by atoms with E-state index in [1.54, 1.807) is 0 Å². The van der Waals surface area contributed by atoms with Crippen LogP contribution in [0.2, 0.25) is 0 Å². The van der Waals surface area contributed by atoms with Crippen LogP contribution >= 0.6 is 0 Å². The standard InChI is InChI=1S/C52H64N4Si/c1-5-13-45(14-6-1)53-37-41-21-29-49(30-22-41)57(50-31-23-42(24-32-50)38-54-46-15-7-2-8-16-46,51-33-25-43(26-34-51)39-55-47-17-9-3-10-18-47)52-35-27-44(28-36-52)40-56-48-19-11-4-12-20-48/h21-40,45-48H,1-20H2. The summed E-state index contributed by atoms with van der Waals surface area (Å²) in [6, 6.07) is 39.6. The van der Waals surface area contributed by atoms with Gasteiger partial charge in [-0.05, 0) is 94.4 Å². The zero-order chi connectivity index (χ0) is 38.5. The smallest absolute Gasteiger partial charge is 0.179 e. The van der Waals surface area contributed by atoms with Crippen LogP contribution in [-0.2, 0) is 0 Å². The van der Waals surface area contributed by atoms with Crippen molar-refractivity contribution in [1.82, 2.24) is 0 Å². The third-order valence-corrected chi connectivity index (χ3v) is 18.2. The van der Waals surface area contributed by atoms with Gasteiger partial charge in [-0.1, -0.05) is 174 Å². The Hall–Kier alpha value is -4.22. The van der Waals surface area contributed by atoms with Gasteiger partial charge in [0, 0.05) is 49.0 Å². The third-order valence-electron chi connectivity index (χ3n) is 13.4. The molecular weight excluding hydrogens is 709 g/mol. The summed E-state index contributed by atoms with van der Waals surface area (Å²) in [6.45, 7) is 0. The minimum absolute atomic E-state index is 0.465. The molecule has 0 unspecified atom stereocenters. The minimum Gasteiger partial charge on any atom is -0.289 e. The molecule has 0 atom stereocenters. The highest BCUT2D eigenvalue weighted by Gasteiger charge is 2.41. The van der Waals surface area contributed by atoms with Crippen molar-refractivity contribution in [2.75, 3.05) is 0 Å². The van der Waals surface area contributed by atoms with E-state index in [0.29, 0.717) is 24.2 Å². The maximum Gasteiger partial charge on any atom is 0.179 e. The van der Waals surface area contributed by atoms with Crippen molar-refractivity contribution in [3.8, 4) is 0 Å². The maximum absolute atomic E-state index is 5.05. The van der Waals surface area contributed by atoms with Crippen molar-refractivity contribution in [2.24, 2.45) is 20.0 Å². The van der Waals surface area contributed by atoms with E-state index in [4.69, 9.17) is 20.0 Å². The van der Waals surface area contributed by atoms with Crippen LogP contribution in [0, 0.1) is 0 Å². The van der Waals surface area contributed by atoms with Crippen molar-refractivity contribution in [1.29, 1.82) is 0 Å². The molecule has 4 nitrogen and oxygen atoms in total. The Morgan fingerprint density at radius 3 is 0.667 bits per heavy atom. The largest absolute Gasteiger partial charge is 0.289 e. The van der Waals surface area contributed by atoms with Crippen molar-refractivity contribution in [2.45, 2.75) is 153 Å². The summed E-state index contributed by atoms with van der Waals surface area (Å²) in [5.41, 5.74) is 4.74. The summed E-state index contributed by atoms with van der Waals surface area (Å²) in [5, 5.41) is 5.53. The predicted molar refractivity (Wildman–Crippen MR) is 248 cm³/mol. The molecule has 0 aromatic heterocycles. The maximum atomic E-state index is 5.05. The summed E-state index contributed by atoms with van der Waals surface area (Å²) < 4.78 is 0. The van der Waals surface area contributed by atoms with E-state index < -0.39 is 8.07 Å². The van der Waals surface area contributed by atoms with Gasteiger partial charge in [-0.15, -0.1) is 0 Å². The Morgan fingerprint density at radius 2 is 0.474 bits per heavy atom. The molecule has 0 radical (unpaired) electrons. The van der Waals surface area contributed by atoms with Gasteiger partial charge < -0.3 is 0 Å². The number of benzene rings is 4. The normalized spacial score (nSPS) is 20.9. The molecule has 5 heteroatoms. The molecule has 0 bridgehead atoms. The second kappa shape index (κ2) is 20.0. The molecule has 4 fully saturated rings. The molecule has 0 N–H and O–H groups in total. The molecule has 4 aromatic rings. The van der Waals surface area contributed by atoms with Gasteiger partial charge in [-0.3, -0.25) is 20.0 Å². The van der Waals surface area contributed by atoms with Gasteiger partial charge in [0.15, 0.2) is 8.07 Å². The van der Waals surface area contributed by atoms with Crippen LogP contribution in [0.15, 0.2) is 117 Å². The van der Waals surface area contributed by atoms with E-state index in [9.17, 15) is 0 Å². The first-order valence-corrected chi connectivity index (χ1v) is 24.8. The second-order valence-electron chi connectivity index (χ2n) is 17.5. The van der Waals surface area contributed by atoms with Crippen LogP contribution in [0.1, 0.15) is 151 Å². The van der Waals surface area contributed by atoms with Crippen LogP contribution in [-0.4, -0.2) is 57.1 Å². The first-order chi connectivity index (χ1) is 28.2. The van der Waals surface area contributed by atoms with Gasteiger partial charge in [-0.2, -0.15) is 0 Å². The SMILES string of the molecule is C(=NC1CCCCC1)c1ccc([Si](c2ccc(C=NC3CCCCC3)cc2)(c2ccc(C=NC3CCCCC3)cc2)c2ccc(C=NC3CCCCC3)cc2)cc1. The number of nitrogens with zero attached hydrogens (tertiary/aromatic N) is 4. The second-order valence-corrected chi connectivity index (χ2v) is 21.3. The lowest BCUT2D eigenvalue weighted by Gasteiger charge is -2.34. The van der Waals surface area contributed by atoms with Gasteiger partial charge in [0.2, 0.25) is 0 Å². The van der Waals surface area contributed by atoms with Crippen LogP contribution in [0.5, 0.6) is 0 Å². The Morgan fingerprint density at radius 1 is 0.281 bits per heavy atom. The zero-order valence-electron chi connectivity index (χ0n) is 34.3. The molecular formula is C52H64N4Si. The summed E-state index contributed by atoms with van der Waals surface area (Å²) in [5.74, 6) is 0. The van der Waals surface area contributed by atoms with Gasteiger partial charge in [0.25, 0.3) is 0 Å². The van der Waals surface area contributed by atoms with Crippen LogP contribution in [0.3, 0.4) is 0 Å². The molecule has 4 aliphatic rings. The quantitative estimate of drug-likeness (QED) is 0.0783. The van der Waals surface area contributed by atoms with Gasteiger partial charge >= 0.3 is 0 Å². The van der Waals surface area contributed by atoms with E-state index in [1.165, 1.54) is 171 Å². The first-order valence-electron chi connectivity index (χ1n) is 22.8. The molecule has 4 aromatic carbocycles. The van der Waals surface area contributed by atoms with E-state index in [2.05, 4.69) is 122 Å². The predicted octanol–water partition coefficient (Wildman–Crippen LogP) is 10.1. The zero-order valence-corrected chi connectivity index (χ0v) is 35.3. The Bertz CT molecular complexity index is 1640. The fourth-order valence-electron chi connectivity index (χ4n) is 9.96. The molecule has 0 saturated heterocycles. The van der Waals surface area contributed by atoms with Crippen molar-refractivity contribution < 1.29 is 0 Å². The molecule has 296 valence electrons. The summed E-state index contributed by atoms with van der Waals surface area (Å²) in [7, 11) is -2.79. The van der Waals surface area contributed by atoms with Crippen molar-refractivity contribution in [3.05, 3.63) is 119 Å². The number of aliphatic imine (C=N–C) groups is 4. The molecule has 0 amide bonds. The van der Waals surface area contributed by atoms with Gasteiger partial charge in [-0.25, -0.2) is 0 Å². The van der Waals surface area contributed by atoms with Gasteiger partial charge in [0.1, 0.15) is 0 Å². The summed E-state index contributed by atoms with van der Waals surface area (Å²) >= 11 is 0. The average molecular weight is 773 g/mol. The highest BCUT2D eigenvalue weighted by atomic mass is 28.3. The number of hydrogen-bond donors (Lipinski definition) is 0. The van der Waals surface area contributed by atoms with Crippen LogP contribution in [0.4, 0.5) is 0 Å². The molecule has 4 aliphatic carbocycles. The molecule has 4 saturated carbocycles. The van der Waals surface area contributed by atoms with Crippen LogP contribution < -0.4 is 20.7 Å². The first kappa shape index (κ1) is 39.6. The molecule has 0 spiro atoms. The molecule has 0 heterocycles. The van der Waals surface area contributed by atoms with Gasteiger partial charge in [0.05, 0.1) is 0 Å². The van der Waals surface area contributed by atoms with E-state index in [1.807, 2.05) is 0 Å². The highest BCUT2D eigenvalue weighted by Crippen LogP contribution is 2.23. The number of hydrogen-bond acceptors (Lipinski definition) is 4. The Balaban J connectivity index is 1.19. The topological polar surface area (TPSA) is 49.4 Å². The fraction of sp³-hybridized carbons (Fsp3) is 0.462. The van der Waals surface area contributed by atoms with E-state index >= 15 is 0 Å². The van der Waals surface area contributed by atoms with Crippen molar-refractivity contribution in [3.63, 3.8) is 0 Å². The summed E-state index contributed by atoms with van der Waals surface area (Å²) in [4.78, 5) is 20.2. The lowest BCUT2D eigenvalue weighted by molar-refractivity contribution is 0.444.